The fourth-order valence-corrected chi connectivity index (χ4v) is 2.73. The van der Waals surface area contributed by atoms with E-state index in [-0.39, 0.29) is 5.91 Å². The Morgan fingerprint density at radius 2 is 2.24 bits per heavy atom. The first-order chi connectivity index (χ1) is 10.2. The Hall–Kier alpha value is -1.42. The molecule has 1 aliphatic rings. The predicted molar refractivity (Wildman–Crippen MR) is 84.5 cm³/mol. The van der Waals surface area contributed by atoms with Gasteiger partial charge in [0.2, 0.25) is 5.91 Å². The van der Waals surface area contributed by atoms with Crippen molar-refractivity contribution in [1.82, 2.24) is 9.88 Å². The highest BCUT2D eigenvalue weighted by Crippen LogP contribution is 2.29. The minimum atomic E-state index is 0.277. The monoisotopic (exact) mass is 289 g/mol. The summed E-state index contributed by atoms with van der Waals surface area (Å²) in [6, 6.07) is 6.32. The van der Waals surface area contributed by atoms with Crippen LogP contribution in [-0.2, 0) is 11.3 Å². The number of nitrogens with two attached hydrogens (primary N) is 1. The molecule has 1 atom stereocenters. The van der Waals surface area contributed by atoms with Crippen LogP contribution in [0.1, 0.15) is 51.1 Å². The molecule has 2 N–H and O–H groups in total. The average molecular weight is 289 g/mol. The lowest BCUT2D eigenvalue weighted by Crippen LogP contribution is -2.33. The molecule has 0 aliphatic heterocycles. The second-order valence-corrected chi connectivity index (χ2v) is 5.96. The van der Waals surface area contributed by atoms with E-state index in [0.29, 0.717) is 31.5 Å². The van der Waals surface area contributed by atoms with Crippen LogP contribution in [0.5, 0.6) is 0 Å². The van der Waals surface area contributed by atoms with E-state index in [1.807, 2.05) is 23.1 Å². The minimum Gasteiger partial charge on any atom is -0.334 e. The molecule has 2 rings (SSSR count). The molecular weight excluding hydrogens is 262 g/mol. The number of carbonyl (C=O) groups excluding carboxylic acids is 1. The normalized spacial score (nSPS) is 15.7. The van der Waals surface area contributed by atoms with Crippen LogP contribution in [0.15, 0.2) is 24.4 Å². The van der Waals surface area contributed by atoms with Gasteiger partial charge in [-0.3, -0.25) is 9.78 Å². The van der Waals surface area contributed by atoms with E-state index < -0.39 is 0 Å². The smallest absolute Gasteiger partial charge is 0.223 e. The molecule has 1 amide bonds. The van der Waals surface area contributed by atoms with Crippen molar-refractivity contribution in [2.75, 3.05) is 6.54 Å². The summed E-state index contributed by atoms with van der Waals surface area (Å²) >= 11 is 0. The number of carbonyl (C=O) groups is 1. The molecule has 1 aliphatic carbocycles. The fourth-order valence-electron chi connectivity index (χ4n) is 2.73. The SMILES string of the molecule is CCC(CCN)CCC(=O)N(Cc1ccccn1)C1CC1. The highest BCUT2D eigenvalue weighted by atomic mass is 16.2. The molecular formula is C17H27N3O. The van der Waals surface area contributed by atoms with Crippen LogP contribution >= 0.6 is 0 Å². The predicted octanol–water partition coefficient (Wildman–Crippen LogP) is 2.73. The van der Waals surface area contributed by atoms with Gasteiger partial charge in [-0.2, -0.15) is 0 Å². The van der Waals surface area contributed by atoms with Crippen LogP contribution in [0.2, 0.25) is 0 Å². The van der Waals surface area contributed by atoms with Crippen LogP contribution in [0.3, 0.4) is 0 Å². The summed E-state index contributed by atoms with van der Waals surface area (Å²) in [5.74, 6) is 0.855. The molecule has 0 saturated heterocycles. The lowest BCUT2D eigenvalue weighted by atomic mass is 9.96. The summed E-state index contributed by atoms with van der Waals surface area (Å²) in [6.07, 6.45) is 7.79. The zero-order valence-electron chi connectivity index (χ0n) is 13.0. The lowest BCUT2D eigenvalue weighted by Gasteiger charge is -2.23. The minimum absolute atomic E-state index is 0.277. The number of amides is 1. The van der Waals surface area contributed by atoms with E-state index >= 15 is 0 Å². The van der Waals surface area contributed by atoms with Crippen molar-refractivity contribution in [3.63, 3.8) is 0 Å². The van der Waals surface area contributed by atoms with Crippen LogP contribution < -0.4 is 5.73 Å². The number of hydrogen-bond acceptors (Lipinski definition) is 3. The Kier molecular flexibility index (Phi) is 6.18. The van der Waals surface area contributed by atoms with Crippen molar-refractivity contribution in [2.45, 2.75) is 58.0 Å². The summed E-state index contributed by atoms with van der Waals surface area (Å²) in [5, 5.41) is 0. The van der Waals surface area contributed by atoms with Gasteiger partial charge >= 0.3 is 0 Å². The number of aromatic nitrogens is 1. The topological polar surface area (TPSA) is 59.2 Å². The Morgan fingerprint density at radius 1 is 1.43 bits per heavy atom. The molecule has 0 aromatic carbocycles. The van der Waals surface area contributed by atoms with E-state index in [4.69, 9.17) is 5.73 Å². The number of nitrogens with zero attached hydrogens (tertiary/aromatic N) is 2. The van der Waals surface area contributed by atoms with E-state index in [0.717, 1.165) is 37.8 Å². The third kappa shape index (κ3) is 5.12. The van der Waals surface area contributed by atoms with E-state index in [1.54, 1.807) is 6.20 Å². The van der Waals surface area contributed by atoms with Crippen LogP contribution in [0, 0.1) is 5.92 Å². The average Bonchev–Trinajstić information content (AvgIpc) is 3.34. The summed E-state index contributed by atoms with van der Waals surface area (Å²) in [4.78, 5) is 18.9. The maximum absolute atomic E-state index is 12.5. The molecule has 1 heterocycles. The van der Waals surface area contributed by atoms with Crippen molar-refractivity contribution >= 4 is 5.91 Å². The Morgan fingerprint density at radius 3 is 2.81 bits per heavy atom. The van der Waals surface area contributed by atoms with E-state index in [2.05, 4.69) is 11.9 Å². The van der Waals surface area contributed by atoms with E-state index in [1.165, 1.54) is 0 Å². The number of rotatable bonds is 9. The molecule has 1 unspecified atom stereocenters. The largest absolute Gasteiger partial charge is 0.334 e. The maximum Gasteiger partial charge on any atom is 0.223 e. The first-order valence-corrected chi connectivity index (χ1v) is 8.14. The number of pyridine rings is 1. The molecule has 1 saturated carbocycles. The van der Waals surface area contributed by atoms with Crippen molar-refractivity contribution in [2.24, 2.45) is 11.7 Å². The van der Waals surface area contributed by atoms with Crippen LogP contribution in [0.25, 0.3) is 0 Å². The molecule has 1 fully saturated rings. The van der Waals surface area contributed by atoms with Gasteiger partial charge in [0.15, 0.2) is 0 Å². The Bertz CT molecular complexity index is 431. The standard InChI is InChI=1S/C17H27N3O/c1-2-14(10-11-18)6-9-17(21)20(16-7-8-16)13-15-5-3-4-12-19-15/h3-5,12,14,16H,2,6-11,13,18H2,1H3. The summed E-state index contributed by atoms with van der Waals surface area (Å²) < 4.78 is 0. The number of hydrogen-bond donors (Lipinski definition) is 1. The van der Waals surface area contributed by atoms with Crippen molar-refractivity contribution in [3.8, 4) is 0 Å². The molecule has 4 heteroatoms. The van der Waals surface area contributed by atoms with Gasteiger partial charge in [-0.1, -0.05) is 19.4 Å². The first-order valence-electron chi connectivity index (χ1n) is 8.14. The van der Waals surface area contributed by atoms with Crippen LogP contribution in [0.4, 0.5) is 0 Å². The second-order valence-electron chi connectivity index (χ2n) is 5.96. The van der Waals surface area contributed by atoms with Gasteiger partial charge in [-0.15, -0.1) is 0 Å². The Labute approximate surface area is 127 Å². The third-order valence-corrected chi connectivity index (χ3v) is 4.29. The molecule has 0 radical (unpaired) electrons. The van der Waals surface area contributed by atoms with Gasteiger partial charge in [-0.25, -0.2) is 0 Å². The molecule has 1 aromatic heterocycles. The molecule has 0 spiro atoms. The van der Waals surface area contributed by atoms with Crippen LogP contribution in [-0.4, -0.2) is 28.4 Å². The highest BCUT2D eigenvalue weighted by Gasteiger charge is 2.32. The molecule has 21 heavy (non-hydrogen) atoms. The summed E-state index contributed by atoms with van der Waals surface area (Å²) in [5.41, 5.74) is 6.61. The van der Waals surface area contributed by atoms with Gasteiger partial charge in [-0.05, 0) is 50.3 Å². The molecule has 116 valence electrons. The summed E-state index contributed by atoms with van der Waals surface area (Å²) in [7, 11) is 0. The maximum atomic E-state index is 12.5. The van der Waals surface area contributed by atoms with Gasteiger partial charge in [0.05, 0.1) is 12.2 Å². The first kappa shape index (κ1) is 16.0. The van der Waals surface area contributed by atoms with Gasteiger partial charge < -0.3 is 10.6 Å². The third-order valence-electron chi connectivity index (χ3n) is 4.29. The molecule has 4 nitrogen and oxygen atoms in total. The van der Waals surface area contributed by atoms with E-state index in [9.17, 15) is 4.79 Å². The van der Waals surface area contributed by atoms with Gasteiger partial charge in [0.25, 0.3) is 0 Å². The lowest BCUT2D eigenvalue weighted by molar-refractivity contribution is -0.132. The Balaban J connectivity index is 1.87. The van der Waals surface area contributed by atoms with Crippen molar-refractivity contribution in [3.05, 3.63) is 30.1 Å². The summed E-state index contributed by atoms with van der Waals surface area (Å²) in [6.45, 7) is 3.54. The molecule has 1 aromatic rings. The molecule has 0 bridgehead atoms. The van der Waals surface area contributed by atoms with Gasteiger partial charge in [0, 0.05) is 18.7 Å². The quantitative estimate of drug-likeness (QED) is 0.760. The zero-order chi connectivity index (χ0) is 15.1. The second kappa shape index (κ2) is 8.13. The fraction of sp³-hybridized carbons (Fsp3) is 0.647. The van der Waals surface area contributed by atoms with Crippen molar-refractivity contribution < 1.29 is 4.79 Å². The highest BCUT2D eigenvalue weighted by molar-refractivity contribution is 5.76. The van der Waals surface area contributed by atoms with Gasteiger partial charge in [0.1, 0.15) is 0 Å². The zero-order valence-corrected chi connectivity index (χ0v) is 13.0. The van der Waals surface area contributed by atoms with Crippen molar-refractivity contribution in [1.29, 1.82) is 0 Å².